The van der Waals surface area contributed by atoms with Crippen LogP contribution in [0, 0.1) is 18.3 Å². The number of hydrogen-bond donors (Lipinski definition) is 0. The van der Waals surface area contributed by atoms with E-state index in [1.165, 1.54) is 0 Å². The molecule has 0 aliphatic heterocycles. The molecule has 1 aromatic heterocycles. The molecule has 0 aliphatic rings. The quantitative estimate of drug-likeness (QED) is 0.748. The van der Waals surface area contributed by atoms with Gasteiger partial charge in [-0.1, -0.05) is 6.07 Å². The number of nitrogens with zero attached hydrogens (tertiary/aromatic N) is 2. The molecule has 0 unspecified atom stereocenters. The van der Waals surface area contributed by atoms with Gasteiger partial charge in [0.05, 0.1) is 18.2 Å². The highest BCUT2D eigenvalue weighted by Crippen LogP contribution is 2.23. The Hall–Kier alpha value is -1.21. The van der Waals surface area contributed by atoms with Gasteiger partial charge in [0.1, 0.15) is 5.69 Å². The normalized spacial score (nSPS) is 10.4. The first-order chi connectivity index (χ1) is 7.10. The van der Waals surface area contributed by atoms with Gasteiger partial charge >= 0.3 is 0 Å². The Balaban J connectivity index is 3.25. The van der Waals surface area contributed by atoms with Gasteiger partial charge in [0, 0.05) is 5.88 Å². The zero-order chi connectivity index (χ0) is 11.4. The van der Waals surface area contributed by atoms with Crippen molar-refractivity contribution in [1.29, 1.82) is 5.26 Å². The van der Waals surface area contributed by atoms with Crippen molar-refractivity contribution in [2.75, 3.05) is 0 Å². The van der Waals surface area contributed by atoms with Crippen LogP contribution in [0.1, 0.15) is 28.9 Å². The van der Waals surface area contributed by atoms with Gasteiger partial charge in [-0.2, -0.15) is 5.26 Å². The zero-order valence-corrected chi connectivity index (χ0v) is 8.85. The van der Waals surface area contributed by atoms with Crippen molar-refractivity contribution in [3.63, 3.8) is 0 Å². The van der Waals surface area contributed by atoms with Gasteiger partial charge in [0.15, 0.2) is 0 Å². The van der Waals surface area contributed by atoms with Gasteiger partial charge in [-0.05, 0) is 18.1 Å². The van der Waals surface area contributed by atoms with E-state index in [9.17, 15) is 8.78 Å². The largest absolute Gasteiger partial charge is 0.280 e. The van der Waals surface area contributed by atoms with Crippen LogP contribution in [0.2, 0.25) is 0 Å². The summed E-state index contributed by atoms with van der Waals surface area (Å²) >= 11 is 5.63. The summed E-state index contributed by atoms with van der Waals surface area (Å²) in [5, 5.41) is 8.52. The second-order valence-corrected chi connectivity index (χ2v) is 3.33. The topological polar surface area (TPSA) is 36.7 Å². The minimum absolute atomic E-state index is 0.00204. The van der Waals surface area contributed by atoms with Crippen molar-refractivity contribution in [1.82, 2.24) is 4.98 Å². The lowest BCUT2D eigenvalue weighted by atomic mass is 10.1. The average molecular weight is 231 g/mol. The van der Waals surface area contributed by atoms with Crippen LogP contribution in [-0.4, -0.2) is 4.98 Å². The molecule has 5 heteroatoms. The second-order valence-electron chi connectivity index (χ2n) is 3.07. The molecule has 0 saturated carbocycles. The summed E-state index contributed by atoms with van der Waals surface area (Å²) in [5.41, 5.74) is 1.12. The summed E-state index contributed by atoms with van der Waals surface area (Å²) in [4.78, 5) is 3.78. The number of pyridine rings is 1. The lowest BCUT2D eigenvalue weighted by Gasteiger charge is -2.09. The molecule has 0 amide bonds. The highest BCUT2D eigenvalue weighted by Gasteiger charge is 2.15. The van der Waals surface area contributed by atoms with Crippen molar-refractivity contribution in [3.05, 3.63) is 28.6 Å². The molecule has 0 spiro atoms. The van der Waals surface area contributed by atoms with Gasteiger partial charge in [-0.25, -0.2) is 8.78 Å². The number of aryl methyl sites for hydroxylation is 1. The maximum Gasteiger partial charge on any atom is 0.280 e. The molecule has 0 saturated heterocycles. The molecule has 0 atom stereocenters. The van der Waals surface area contributed by atoms with Crippen molar-refractivity contribution >= 4 is 11.6 Å². The van der Waals surface area contributed by atoms with E-state index in [0.29, 0.717) is 16.8 Å². The van der Waals surface area contributed by atoms with Crippen LogP contribution < -0.4 is 0 Å². The molecule has 1 aromatic rings. The number of halogens is 3. The van der Waals surface area contributed by atoms with Crippen LogP contribution in [0.3, 0.4) is 0 Å². The number of rotatable bonds is 3. The van der Waals surface area contributed by atoms with Gasteiger partial charge in [-0.15, -0.1) is 11.6 Å². The highest BCUT2D eigenvalue weighted by atomic mass is 35.5. The predicted octanol–water partition coefficient (Wildman–Crippen LogP) is 3.13. The summed E-state index contributed by atoms with van der Waals surface area (Å²) < 4.78 is 25.0. The molecule has 1 heterocycles. The fraction of sp³-hybridized carbons (Fsp3) is 0.400. The van der Waals surface area contributed by atoms with Crippen LogP contribution in [0.4, 0.5) is 8.78 Å². The standard InChI is InChI=1S/C10H9ClF2N2/c1-6-4-7(5-11)8(2-3-14)15-9(6)10(12)13/h4,10H,2,5H2,1H3. The maximum atomic E-state index is 12.5. The fourth-order valence-corrected chi connectivity index (χ4v) is 1.52. The van der Waals surface area contributed by atoms with Gasteiger partial charge in [-0.3, -0.25) is 4.98 Å². The van der Waals surface area contributed by atoms with Gasteiger partial charge in [0.2, 0.25) is 0 Å². The first-order valence-corrected chi connectivity index (χ1v) is 4.84. The maximum absolute atomic E-state index is 12.5. The summed E-state index contributed by atoms with van der Waals surface area (Å²) in [5.74, 6) is 0.175. The Morgan fingerprint density at radius 3 is 2.73 bits per heavy atom. The lowest BCUT2D eigenvalue weighted by Crippen LogP contribution is -2.03. The molecule has 0 N–H and O–H groups in total. The first kappa shape index (κ1) is 11.9. The van der Waals surface area contributed by atoms with Crippen LogP contribution in [-0.2, 0) is 12.3 Å². The Bertz CT molecular complexity index is 399. The van der Waals surface area contributed by atoms with E-state index < -0.39 is 6.43 Å². The Morgan fingerprint density at radius 2 is 2.27 bits per heavy atom. The molecule has 0 radical (unpaired) electrons. The highest BCUT2D eigenvalue weighted by molar-refractivity contribution is 6.17. The zero-order valence-electron chi connectivity index (χ0n) is 8.10. The third-order valence-electron chi connectivity index (χ3n) is 2.02. The Kier molecular flexibility index (Phi) is 3.98. The minimum Gasteiger partial charge on any atom is -0.250 e. The molecular weight excluding hydrogens is 222 g/mol. The van der Waals surface area contributed by atoms with E-state index in [0.717, 1.165) is 0 Å². The first-order valence-electron chi connectivity index (χ1n) is 4.30. The van der Waals surface area contributed by atoms with Gasteiger partial charge in [0.25, 0.3) is 6.43 Å². The molecule has 1 rings (SSSR count). The van der Waals surface area contributed by atoms with Crippen LogP contribution in [0.15, 0.2) is 6.07 Å². The average Bonchev–Trinajstić information content (AvgIpc) is 2.20. The molecular formula is C10H9ClF2N2. The summed E-state index contributed by atoms with van der Waals surface area (Å²) in [6, 6.07) is 3.44. The molecule has 80 valence electrons. The molecule has 0 bridgehead atoms. The number of hydrogen-bond acceptors (Lipinski definition) is 2. The molecule has 0 aromatic carbocycles. The molecule has 0 fully saturated rings. The van der Waals surface area contributed by atoms with E-state index in [1.807, 2.05) is 6.07 Å². The van der Waals surface area contributed by atoms with Crippen LogP contribution in [0.25, 0.3) is 0 Å². The van der Waals surface area contributed by atoms with Crippen molar-refractivity contribution in [2.24, 2.45) is 0 Å². The molecule has 0 aliphatic carbocycles. The summed E-state index contributed by atoms with van der Waals surface area (Å²) in [7, 11) is 0. The molecule has 15 heavy (non-hydrogen) atoms. The minimum atomic E-state index is -2.62. The van der Waals surface area contributed by atoms with Crippen molar-refractivity contribution in [3.8, 4) is 6.07 Å². The third-order valence-corrected chi connectivity index (χ3v) is 2.31. The van der Waals surface area contributed by atoms with E-state index in [1.54, 1.807) is 13.0 Å². The van der Waals surface area contributed by atoms with E-state index >= 15 is 0 Å². The number of aromatic nitrogens is 1. The summed E-state index contributed by atoms with van der Waals surface area (Å²) in [6.07, 6.45) is -2.62. The summed E-state index contributed by atoms with van der Waals surface area (Å²) in [6.45, 7) is 1.56. The second kappa shape index (κ2) is 5.04. The van der Waals surface area contributed by atoms with Gasteiger partial charge < -0.3 is 0 Å². The Labute approximate surface area is 91.5 Å². The fourth-order valence-electron chi connectivity index (χ4n) is 1.29. The van der Waals surface area contributed by atoms with E-state index in [2.05, 4.69) is 4.98 Å². The third kappa shape index (κ3) is 2.63. The predicted molar refractivity (Wildman–Crippen MR) is 52.8 cm³/mol. The monoisotopic (exact) mass is 230 g/mol. The van der Waals surface area contributed by atoms with Crippen molar-refractivity contribution < 1.29 is 8.78 Å². The number of nitriles is 1. The molecule has 2 nitrogen and oxygen atoms in total. The van der Waals surface area contributed by atoms with E-state index in [-0.39, 0.29) is 18.0 Å². The van der Waals surface area contributed by atoms with Crippen molar-refractivity contribution in [2.45, 2.75) is 25.7 Å². The number of alkyl halides is 3. The SMILES string of the molecule is Cc1cc(CCl)c(CC#N)nc1C(F)F. The van der Waals surface area contributed by atoms with Crippen LogP contribution in [0.5, 0.6) is 0 Å². The van der Waals surface area contributed by atoms with Crippen LogP contribution >= 0.6 is 11.6 Å². The smallest absolute Gasteiger partial charge is 0.250 e. The Morgan fingerprint density at radius 1 is 1.60 bits per heavy atom. The lowest BCUT2D eigenvalue weighted by molar-refractivity contribution is 0.145. The van der Waals surface area contributed by atoms with E-state index in [4.69, 9.17) is 16.9 Å².